The Hall–Kier alpha value is -1.02. The van der Waals surface area contributed by atoms with Gasteiger partial charge in [-0.25, -0.2) is 0 Å². The van der Waals surface area contributed by atoms with Crippen LogP contribution < -0.4 is 4.74 Å². The van der Waals surface area contributed by atoms with Gasteiger partial charge in [-0.15, -0.1) is 0 Å². The molecule has 2 aliphatic rings. The van der Waals surface area contributed by atoms with E-state index >= 15 is 0 Å². The van der Waals surface area contributed by atoms with E-state index in [1.807, 2.05) is 12.1 Å². The van der Waals surface area contributed by atoms with Gasteiger partial charge < -0.3 is 9.47 Å². The second-order valence-electron chi connectivity index (χ2n) is 4.93. The molecule has 1 fully saturated rings. The van der Waals surface area contributed by atoms with Crippen LogP contribution in [0.15, 0.2) is 24.3 Å². The van der Waals surface area contributed by atoms with E-state index in [1.54, 1.807) is 0 Å². The standard InChI is InChI=1S/C13H16O2/c1-13(2)10-7-8-14-12(10)9-5-3-4-6-11(9)15-13/h3-6,10,12H,7-8H2,1-2H3/t10-,12+/m1/s1. The summed E-state index contributed by atoms with van der Waals surface area (Å²) in [7, 11) is 0. The lowest BCUT2D eigenvalue weighted by molar-refractivity contribution is -0.0302. The summed E-state index contributed by atoms with van der Waals surface area (Å²) in [6.07, 6.45) is 1.34. The summed E-state index contributed by atoms with van der Waals surface area (Å²) in [5.74, 6) is 1.48. The van der Waals surface area contributed by atoms with Crippen LogP contribution in [0.25, 0.3) is 0 Å². The third-order valence-corrected chi connectivity index (χ3v) is 3.58. The van der Waals surface area contributed by atoms with Crippen molar-refractivity contribution in [2.24, 2.45) is 5.92 Å². The lowest BCUT2D eigenvalue weighted by atomic mass is 9.80. The van der Waals surface area contributed by atoms with Gasteiger partial charge in [0.25, 0.3) is 0 Å². The predicted octanol–water partition coefficient (Wildman–Crippen LogP) is 2.94. The molecule has 80 valence electrons. The van der Waals surface area contributed by atoms with Crippen LogP contribution in [0.3, 0.4) is 0 Å². The molecular formula is C13H16O2. The fourth-order valence-electron chi connectivity index (χ4n) is 2.78. The van der Waals surface area contributed by atoms with E-state index in [4.69, 9.17) is 9.47 Å². The molecule has 0 N–H and O–H groups in total. The molecule has 3 rings (SSSR count). The Kier molecular flexibility index (Phi) is 1.84. The van der Waals surface area contributed by atoms with Crippen LogP contribution in [0, 0.1) is 5.92 Å². The highest BCUT2D eigenvalue weighted by Gasteiger charge is 2.46. The smallest absolute Gasteiger partial charge is 0.125 e. The first-order chi connectivity index (χ1) is 7.18. The van der Waals surface area contributed by atoms with Gasteiger partial charge in [-0.05, 0) is 26.3 Å². The van der Waals surface area contributed by atoms with Crippen molar-refractivity contribution < 1.29 is 9.47 Å². The van der Waals surface area contributed by atoms with Crippen molar-refractivity contribution in [1.29, 1.82) is 0 Å². The Bertz CT molecular complexity index is 384. The van der Waals surface area contributed by atoms with Gasteiger partial charge in [0.1, 0.15) is 11.4 Å². The van der Waals surface area contributed by atoms with Crippen molar-refractivity contribution in [3.05, 3.63) is 29.8 Å². The number of ether oxygens (including phenoxy) is 2. The van der Waals surface area contributed by atoms with Crippen molar-refractivity contribution in [2.45, 2.75) is 32.0 Å². The van der Waals surface area contributed by atoms with Crippen LogP contribution in [0.1, 0.15) is 31.9 Å². The minimum absolute atomic E-state index is 0.102. The van der Waals surface area contributed by atoms with Crippen LogP contribution in [0.2, 0.25) is 0 Å². The minimum Gasteiger partial charge on any atom is -0.487 e. The van der Waals surface area contributed by atoms with E-state index in [0.717, 1.165) is 18.8 Å². The van der Waals surface area contributed by atoms with Gasteiger partial charge in [0, 0.05) is 18.1 Å². The zero-order chi connectivity index (χ0) is 10.5. The molecule has 1 saturated heterocycles. The van der Waals surface area contributed by atoms with Crippen molar-refractivity contribution in [1.82, 2.24) is 0 Å². The molecule has 0 spiro atoms. The first-order valence-electron chi connectivity index (χ1n) is 5.58. The molecule has 0 amide bonds. The zero-order valence-corrected chi connectivity index (χ0v) is 9.19. The third-order valence-electron chi connectivity index (χ3n) is 3.58. The summed E-state index contributed by atoms with van der Waals surface area (Å²) in [5.41, 5.74) is 1.12. The van der Waals surface area contributed by atoms with Gasteiger partial charge in [-0.1, -0.05) is 18.2 Å². The van der Waals surface area contributed by atoms with E-state index in [1.165, 1.54) is 5.56 Å². The lowest BCUT2D eigenvalue weighted by Gasteiger charge is -2.40. The normalized spacial score (nSPS) is 31.6. The third kappa shape index (κ3) is 1.28. The van der Waals surface area contributed by atoms with E-state index in [-0.39, 0.29) is 11.7 Å². The molecule has 0 aliphatic carbocycles. The second-order valence-corrected chi connectivity index (χ2v) is 4.93. The number of hydrogen-bond donors (Lipinski definition) is 0. The highest BCUT2D eigenvalue weighted by atomic mass is 16.5. The number of hydrogen-bond acceptors (Lipinski definition) is 2. The van der Waals surface area contributed by atoms with E-state index < -0.39 is 0 Å². The highest BCUT2D eigenvalue weighted by Crippen LogP contribution is 2.49. The van der Waals surface area contributed by atoms with E-state index in [0.29, 0.717) is 5.92 Å². The van der Waals surface area contributed by atoms with Gasteiger partial charge in [0.05, 0.1) is 6.10 Å². The lowest BCUT2D eigenvalue weighted by Crippen LogP contribution is -2.42. The maximum atomic E-state index is 6.05. The maximum absolute atomic E-state index is 6.05. The molecule has 0 unspecified atom stereocenters. The molecular weight excluding hydrogens is 188 g/mol. The van der Waals surface area contributed by atoms with Crippen molar-refractivity contribution in [3.63, 3.8) is 0 Å². The average Bonchev–Trinajstić information content (AvgIpc) is 2.66. The fourth-order valence-corrected chi connectivity index (χ4v) is 2.78. The zero-order valence-electron chi connectivity index (χ0n) is 9.19. The molecule has 0 saturated carbocycles. The van der Waals surface area contributed by atoms with Gasteiger partial charge in [0.2, 0.25) is 0 Å². The molecule has 0 aromatic heterocycles. The Morgan fingerprint density at radius 2 is 2.07 bits per heavy atom. The molecule has 2 nitrogen and oxygen atoms in total. The van der Waals surface area contributed by atoms with E-state index in [2.05, 4.69) is 26.0 Å². The largest absolute Gasteiger partial charge is 0.487 e. The predicted molar refractivity (Wildman–Crippen MR) is 57.9 cm³/mol. The molecule has 2 aliphatic heterocycles. The summed E-state index contributed by atoms with van der Waals surface area (Å²) < 4.78 is 11.9. The molecule has 15 heavy (non-hydrogen) atoms. The summed E-state index contributed by atoms with van der Waals surface area (Å²) >= 11 is 0. The van der Waals surface area contributed by atoms with Crippen LogP contribution in [0.4, 0.5) is 0 Å². The molecule has 0 radical (unpaired) electrons. The summed E-state index contributed by atoms with van der Waals surface area (Å²) in [5, 5.41) is 0. The Morgan fingerprint density at radius 3 is 2.93 bits per heavy atom. The van der Waals surface area contributed by atoms with Crippen LogP contribution in [-0.2, 0) is 4.74 Å². The molecule has 2 atom stereocenters. The first-order valence-corrected chi connectivity index (χ1v) is 5.58. The van der Waals surface area contributed by atoms with Crippen molar-refractivity contribution in [2.75, 3.05) is 6.61 Å². The Balaban J connectivity index is 2.11. The van der Waals surface area contributed by atoms with Crippen molar-refractivity contribution in [3.8, 4) is 5.75 Å². The van der Waals surface area contributed by atoms with Gasteiger partial charge in [-0.2, -0.15) is 0 Å². The maximum Gasteiger partial charge on any atom is 0.125 e. The summed E-state index contributed by atoms with van der Waals surface area (Å²) in [6, 6.07) is 8.23. The number of para-hydroxylation sites is 1. The molecule has 1 aromatic rings. The van der Waals surface area contributed by atoms with Crippen LogP contribution in [-0.4, -0.2) is 12.2 Å². The molecule has 0 bridgehead atoms. The minimum atomic E-state index is -0.102. The fraction of sp³-hybridized carbons (Fsp3) is 0.538. The van der Waals surface area contributed by atoms with Crippen LogP contribution in [0.5, 0.6) is 5.75 Å². The second kappa shape index (κ2) is 2.99. The molecule has 2 heteroatoms. The summed E-state index contributed by atoms with van der Waals surface area (Å²) in [6.45, 7) is 5.18. The summed E-state index contributed by atoms with van der Waals surface area (Å²) in [4.78, 5) is 0. The Morgan fingerprint density at radius 1 is 1.27 bits per heavy atom. The Labute approximate surface area is 90.2 Å². The highest BCUT2D eigenvalue weighted by molar-refractivity contribution is 5.39. The van der Waals surface area contributed by atoms with Crippen molar-refractivity contribution >= 4 is 0 Å². The topological polar surface area (TPSA) is 18.5 Å². The number of rotatable bonds is 0. The number of fused-ring (bicyclic) bond motifs is 3. The van der Waals surface area contributed by atoms with Gasteiger partial charge >= 0.3 is 0 Å². The first kappa shape index (κ1) is 9.22. The number of benzene rings is 1. The molecule has 1 aromatic carbocycles. The van der Waals surface area contributed by atoms with Gasteiger partial charge in [0.15, 0.2) is 0 Å². The molecule has 2 heterocycles. The van der Waals surface area contributed by atoms with E-state index in [9.17, 15) is 0 Å². The SMILES string of the molecule is CC1(C)Oc2ccccc2[C@@H]2OCC[C@H]21. The average molecular weight is 204 g/mol. The quantitative estimate of drug-likeness (QED) is 0.647. The monoisotopic (exact) mass is 204 g/mol. The van der Waals surface area contributed by atoms with Crippen LogP contribution >= 0.6 is 0 Å². The van der Waals surface area contributed by atoms with Gasteiger partial charge in [-0.3, -0.25) is 0 Å².